The van der Waals surface area contributed by atoms with E-state index < -0.39 is 11.7 Å². The quantitative estimate of drug-likeness (QED) is 0.906. The van der Waals surface area contributed by atoms with Gasteiger partial charge in [0.1, 0.15) is 9.88 Å². The van der Waals surface area contributed by atoms with Crippen molar-refractivity contribution in [2.45, 2.75) is 13.1 Å². The summed E-state index contributed by atoms with van der Waals surface area (Å²) in [6.45, 7) is 1.61. The normalized spacial score (nSPS) is 11.5. The molecular formula is C14H13F3N2O2S. The van der Waals surface area contributed by atoms with Gasteiger partial charge in [0.25, 0.3) is 5.91 Å². The summed E-state index contributed by atoms with van der Waals surface area (Å²) in [5.74, 6) is -0.359. The number of hydrogen-bond acceptors (Lipinski definition) is 4. The van der Waals surface area contributed by atoms with E-state index in [9.17, 15) is 18.0 Å². The van der Waals surface area contributed by atoms with E-state index in [1.54, 1.807) is 6.92 Å². The highest BCUT2D eigenvalue weighted by atomic mass is 32.1. The molecule has 0 unspecified atom stereocenters. The summed E-state index contributed by atoms with van der Waals surface area (Å²) in [6.07, 6.45) is -4.38. The molecule has 8 heteroatoms. The molecule has 2 rings (SSSR count). The van der Waals surface area contributed by atoms with Gasteiger partial charge in [-0.05, 0) is 19.1 Å². The highest BCUT2D eigenvalue weighted by Crippen LogP contribution is 2.32. The first-order chi connectivity index (χ1) is 10.3. The van der Waals surface area contributed by atoms with Crippen molar-refractivity contribution in [2.24, 2.45) is 0 Å². The maximum absolute atomic E-state index is 12.5. The van der Waals surface area contributed by atoms with Crippen LogP contribution in [0.4, 0.5) is 13.2 Å². The second-order valence-corrected chi connectivity index (χ2v) is 5.49. The standard InChI is InChI=1S/C14H13F3N2O2S/c1-8-11(12(21)18-6-7-20)22-13(19-8)9-2-4-10(5-3-9)14(15,16)17/h2-5,20H,6-7H2,1H3,(H,18,21). The molecule has 22 heavy (non-hydrogen) atoms. The van der Waals surface area contributed by atoms with Gasteiger partial charge in [-0.25, -0.2) is 4.98 Å². The first kappa shape index (κ1) is 16.4. The maximum Gasteiger partial charge on any atom is 0.416 e. The van der Waals surface area contributed by atoms with E-state index in [1.807, 2.05) is 0 Å². The SMILES string of the molecule is Cc1nc(-c2ccc(C(F)(F)F)cc2)sc1C(=O)NCCO. The monoisotopic (exact) mass is 330 g/mol. The van der Waals surface area contributed by atoms with Crippen LogP contribution in [0.15, 0.2) is 24.3 Å². The largest absolute Gasteiger partial charge is 0.416 e. The van der Waals surface area contributed by atoms with Gasteiger partial charge in [-0.15, -0.1) is 11.3 Å². The molecule has 0 fully saturated rings. The fourth-order valence-corrected chi connectivity index (χ4v) is 2.77. The molecule has 0 aliphatic heterocycles. The number of hydrogen-bond donors (Lipinski definition) is 2. The zero-order valence-electron chi connectivity index (χ0n) is 11.6. The van der Waals surface area contributed by atoms with Crippen molar-refractivity contribution in [3.8, 4) is 10.6 Å². The van der Waals surface area contributed by atoms with Gasteiger partial charge in [-0.1, -0.05) is 12.1 Å². The van der Waals surface area contributed by atoms with E-state index in [-0.39, 0.29) is 19.1 Å². The molecule has 4 nitrogen and oxygen atoms in total. The lowest BCUT2D eigenvalue weighted by atomic mass is 10.1. The second kappa shape index (κ2) is 6.45. The number of carbonyl (C=O) groups is 1. The molecule has 1 heterocycles. The lowest BCUT2D eigenvalue weighted by molar-refractivity contribution is -0.137. The Balaban J connectivity index is 2.25. The number of aliphatic hydroxyl groups excluding tert-OH is 1. The molecule has 0 aliphatic carbocycles. The van der Waals surface area contributed by atoms with Gasteiger partial charge >= 0.3 is 6.18 Å². The lowest BCUT2D eigenvalue weighted by Crippen LogP contribution is -2.26. The summed E-state index contributed by atoms with van der Waals surface area (Å²) >= 11 is 1.10. The third kappa shape index (κ3) is 3.63. The zero-order chi connectivity index (χ0) is 16.3. The van der Waals surface area contributed by atoms with Crippen LogP contribution in [0.25, 0.3) is 10.6 Å². The molecule has 118 valence electrons. The number of amides is 1. The van der Waals surface area contributed by atoms with E-state index in [1.165, 1.54) is 12.1 Å². The molecule has 0 spiro atoms. The molecule has 0 bridgehead atoms. The maximum atomic E-state index is 12.5. The van der Waals surface area contributed by atoms with E-state index in [0.29, 0.717) is 21.1 Å². The third-order valence-electron chi connectivity index (χ3n) is 2.86. The number of thiazole rings is 1. The van der Waals surface area contributed by atoms with Crippen LogP contribution in [-0.2, 0) is 6.18 Å². The van der Waals surface area contributed by atoms with Gasteiger partial charge in [-0.2, -0.15) is 13.2 Å². The Hall–Kier alpha value is -1.93. The van der Waals surface area contributed by atoms with Gasteiger partial charge < -0.3 is 10.4 Å². The summed E-state index contributed by atoms with van der Waals surface area (Å²) in [5.41, 5.74) is 0.281. The molecule has 0 saturated carbocycles. The molecule has 2 aromatic rings. The minimum atomic E-state index is -4.38. The number of halogens is 3. The molecule has 1 amide bonds. The number of aromatic nitrogens is 1. The minimum Gasteiger partial charge on any atom is -0.395 e. The van der Waals surface area contributed by atoms with Crippen molar-refractivity contribution < 1.29 is 23.1 Å². The number of nitrogens with one attached hydrogen (secondary N) is 1. The molecule has 0 aliphatic rings. The van der Waals surface area contributed by atoms with Crippen LogP contribution in [0, 0.1) is 6.92 Å². The number of aliphatic hydroxyl groups is 1. The van der Waals surface area contributed by atoms with Crippen LogP contribution in [0.1, 0.15) is 20.9 Å². The highest BCUT2D eigenvalue weighted by molar-refractivity contribution is 7.17. The first-order valence-electron chi connectivity index (χ1n) is 6.37. The fourth-order valence-electron chi connectivity index (χ4n) is 1.78. The molecule has 0 atom stereocenters. The number of alkyl halides is 3. The minimum absolute atomic E-state index is 0.131. The molecule has 1 aromatic carbocycles. The molecule has 0 radical (unpaired) electrons. The Labute approximate surface area is 128 Å². The summed E-state index contributed by atoms with van der Waals surface area (Å²) in [6, 6.07) is 4.63. The zero-order valence-corrected chi connectivity index (χ0v) is 12.4. The average Bonchev–Trinajstić information content (AvgIpc) is 2.86. The van der Waals surface area contributed by atoms with Gasteiger partial charge in [0.05, 0.1) is 17.9 Å². The molecule has 0 saturated heterocycles. The summed E-state index contributed by atoms with van der Waals surface area (Å²) < 4.78 is 37.6. The Morgan fingerprint density at radius 1 is 1.32 bits per heavy atom. The predicted octanol–water partition coefficient (Wildman–Crippen LogP) is 2.86. The third-order valence-corrected chi connectivity index (χ3v) is 4.06. The molecular weight excluding hydrogens is 317 g/mol. The van der Waals surface area contributed by atoms with Gasteiger partial charge in [-0.3, -0.25) is 4.79 Å². The van der Waals surface area contributed by atoms with Crippen LogP contribution in [0.3, 0.4) is 0 Å². The first-order valence-corrected chi connectivity index (χ1v) is 7.18. The van der Waals surface area contributed by atoms with Crippen LogP contribution >= 0.6 is 11.3 Å². The number of carbonyl (C=O) groups excluding carboxylic acids is 1. The summed E-state index contributed by atoms with van der Waals surface area (Å²) in [5, 5.41) is 11.7. The van der Waals surface area contributed by atoms with Crippen LogP contribution in [0.5, 0.6) is 0 Å². The Bertz CT molecular complexity index is 666. The van der Waals surface area contributed by atoms with Crippen molar-refractivity contribution in [3.05, 3.63) is 40.4 Å². The lowest BCUT2D eigenvalue weighted by Gasteiger charge is -2.06. The van der Waals surface area contributed by atoms with Crippen LogP contribution in [0.2, 0.25) is 0 Å². The van der Waals surface area contributed by atoms with Crippen LogP contribution < -0.4 is 5.32 Å². The summed E-state index contributed by atoms with van der Waals surface area (Å²) in [7, 11) is 0. The fraction of sp³-hybridized carbons (Fsp3) is 0.286. The van der Waals surface area contributed by atoms with Crippen molar-refractivity contribution >= 4 is 17.2 Å². The Morgan fingerprint density at radius 3 is 2.50 bits per heavy atom. The topological polar surface area (TPSA) is 62.2 Å². The van der Waals surface area contributed by atoms with E-state index in [2.05, 4.69) is 10.3 Å². The van der Waals surface area contributed by atoms with Crippen molar-refractivity contribution in [1.82, 2.24) is 10.3 Å². The Kier molecular flexibility index (Phi) is 4.82. The predicted molar refractivity (Wildman–Crippen MR) is 76.7 cm³/mol. The number of aryl methyl sites for hydroxylation is 1. The van der Waals surface area contributed by atoms with Crippen molar-refractivity contribution in [1.29, 1.82) is 0 Å². The second-order valence-electron chi connectivity index (χ2n) is 4.49. The van der Waals surface area contributed by atoms with Gasteiger partial charge in [0.2, 0.25) is 0 Å². The number of rotatable bonds is 4. The van der Waals surface area contributed by atoms with Crippen molar-refractivity contribution in [3.63, 3.8) is 0 Å². The highest BCUT2D eigenvalue weighted by Gasteiger charge is 2.30. The van der Waals surface area contributed by atoms with E-state index in [4.69, 9.17) is 5.11 Å². The smallest absolute Gasteiger partial charge is 0.395 e. The average molecular weight is 330 g/mol. The Morgan fingerprint density at radius 2 is 1.95 bits per heavy atom. The van der Waals surface area contributed by atoms with Gasteiger partial charge in [0.15, 0.2) is 0 Å². The summed E-state index contributed by atoms with van der Waals surface area (Å²) in [4.78, 5) is 16.4. The van der Waals surface area contributed by atoms with Gasteiger partial charge in [0, 0.05) is 12.1 Å². The number of benzene rings is 1. The van der Waals surface area contributed by atoms with E-state index >= 15 is 0 Å². The molecule has 2 N–H and O–H groups in total. The van der Waals surface area contributed by atoms with Crippen molar-refractivity contribution in [2.75, 3.05) is 13.2 Å². The molecule has 1 aromatic heterocycles. The van der Waals surface area contributed by atoms with E-state index in [0.717, 1.165) is 23.5 Å². The number of nitrogens with zero attached hydrogens (tertiary/aromatic N) is 1. The van der Waals surface area contributed by atoms with Crippen LogP contribution in [-0.4, -0.2) is 29.1 Å².